The zero-order chi connectivity index (χ0) is 30.7. The molecule has 3 aromatic rings. The summed E-state index contributed by atoms with van der Waals surface area (Å²) in [4.78, 5) is 27.4. The highest BCUT2D eigenvalue weighted by atomic mass is 31.2. The molecule has 1 fully saturated rings. The SMILES string of the molecule is CC(=O)CCC(=O)O[C@H]1[C@@H](OP(=O)(Oc2ccccc2)Oc2ccccc2)O[C@H](C)[C@@H](N=[N+]=[N-])[C@@H]1OCc1ccccc1. The summed E-state index contributed by atoms with van der Waals surface area (Å²) < 4.78 is 49.6. The Morgan fingerprint density at radius 1 is 0.884 bits per heavy atom. The van der Waals surface area contributed by atoms with E-state index in [1.165, 1.54) is 6.92 Å². The van der Waals surface area contributed by atoms with Crippen molar-refractivity contribution in [2.75, 3.05) is 0 Å². The van der Waals surface area contributed by atoms with Crippen LogP contribution < -0.4 is 9.05 Å². The Hall–Kier alpha value is -4.18. The zero-order valence-electron chi connectivity index (χ0n) is 23.6. The van der Waals surface area contributed by atoms with E-state index >= 15 is 0 Å². The quantitative estimate of drug-likeness (QED) is 0.0649. The summed E-state index contributed by atoms with van der Waals surface area (Å²) in [5, 5.41) is 3.85. The van der Waals surface area contributed by atoms with Crippen molar-refractivity contribution < 1.29 is 41.9 Å². The number of para-hydroxylation sites is 2. The summed E-state index contributed by atoms with van der Waals surface area (Å²) in [6.07, 6.45) is -5.19. The van der Waals surface area contributed by atoms with Crippen molar-refractivity contribution in [3.63, 3.8) is 0 Å². The number of hydrogen-bond donors (Lipinski definition) is 0. The van der Waals surface area contributed by atoms with Crippen molar-refractivity contribution in [2.45, 2.75) is 63.9 Å². The molecule has 0 aromatic heterocycles. The first-order valence-electron chi connectivity index (χ1n) is 13.6. The highest BCUT2D eigenvalue weighted by Crippen LogP contribution is 2.52. The molecule has 1 aliphatic heterocycles. The average Bonchev–Trinajstić information content (AvgIpc) is 2.99. The summed E-state index contributed by atoms with van der Waals surface area (Å²) in [7, 11) is -4.54. The Labute approximate surface area is 249 Å². The average molecular weight is 610 g/mol. The Bertz CT molecular complexity index is 1390. The van der Waals surface area contributed by atoms with Crippen molar-refractivity contribution in [3.8, 4) is 11.5 Å². The van der Waals surface area contributed by atoms with Gasteiger partial charge in [-0.2, -0.15) is 0 Å². The second-order valence-electron chi connectivity index (χ2n) is 9.68. The van der Waals surface area contributed by atoms with Crippen molar-refractivity contribution in [3.05, 3.63) is 107 Å². The van der Waals surface area contributed by atoms with Gasteiger partial charge in [0.25, 0.3) is 0 Å². The number of azide groups is 1. The van der Waals surface area contributed by atoms with Crippen molar-refractivity contribution in [2.24, 2.45) is 5.11 Å². The third kappa shape index (κ3) is 9.41. The number of ketones is 1. The van der Waals surface area contributed by atoms with E-state index in [1.54, 1.807) is 67.6 Å². The second kappa shape index (κ2) is 15.3. The molecule has 0 saturated carbocycles. The van der Waals surface area contributed by atoms with Gasteiger partial charge >= 0.3 is 13.8 Å². The molecule has 0 N–H and O–H groups in total. The normalized spacial score (nSPS) is 21.7. The number of ether oxygens (including phenoxy) is 3. The molecule has 13 heteroatoms. The number of hydrogen-bond acceptors (Lipinski definition) is 10. The van der Waals surface area contributed by atoms with Crippen molar-refractivity contribution in [1.29, 1.82) is 0 Å². The summed E-state index contributed by atoms with van der Waals surface area (Å²) in [5.41, 5.74) is 10.1. The van der Waals surface area contributed by atoms with Gasteiger partial charge in [-0.05, 0) is 49.2 Å². The summed E-state index contributed by atoms with van der Waals surface area (Å²) in [6.45, 7) is 3.03. The first-order valence-corrected chi connectivity index (χ1v) is 15.0. The molecule has 0 radical (unpaired) electrons. The van der Waals surface area contributed by atoms with Crippen molar-refractivity contribution in [1.82, 2.24) is 0 Å². The van der Waals surface area contributed by atoms with Gasteiger partial charge in [0.1, 0.15) is 23.4 Å². The summed E-state index contributed by atoms with van der Waals surface area (Å²) in [6, 6.07) is 24.7. The van der Waals surface area contributed by atoms with Crippen LogP contribution in [0.5, 0.6) is 11.5 Å². The van der Waals surface area contributed by atoms with Crippen LogP contribution in [0.4, 0.5) is 0 Å². The Morgan fingerprint density at radius 3 is 1.98 bits per heavy atom. The molecule has 43 heavy (non-hydrogen) atoms. The third-order valence-electron chi connectivity index (χ3n) is 6.33. The van der Waals surface area contributed by atoms with Gasteiger partial charge in [-0.15, -0.1) is 0 Å². The number of nitrogens with zero attached hydrogens (tertiary/aromatic N) is 3. The first kappa shape index (κ1) is 31.7. The largest absolute Gasteiger partial charge is 0.590 e. The minimum absolute atomic E-state index is 0.0581. The Kier molecular flexibility index (Phi) is 11.3. The molecule has 3 aromatic carbocycles. The highest BCUT2D eigenvalue weighted by molar-refractivity contribution is 7.49. The molecule has 4 rings (SSSR count). The molecule has 0 unspecified atom stereocenters. The smallest absolute Gasteiger partial charge is 0.454 e. The predicted octanol–water partition coefficient (Wildman–Crippen LogP) is 6.56. The zero-order valence-corrected chi connectivity index (χ0v) is 24.5. The number of benzene rings is 3. The van der Waals surface area contributed by atoms with Crippen LogP contribution in [0.25, 0.3) is 10.4 Å². The van der Waals surface area contributed by atoms with E-state index in [2.05, 4.69) is 10.0 Å². The minimum Gasteiger partial charge on any atom is -0.454 e. The number of carbonyl (C=O) groups excluding carboxylic acids is 2. The molecule has 0 bridgehead atoms. The molecule has 1 heterocycles. The fraction of sp³-hybridized carbons (Fsp3) is 0.333. The van der Waals surface area contributed by atoms with E-state index in [4.69, 9.17) is 27.8 Å². The molecule has 0 spiro atoms. The van der Waals surface area contributed by atoms with E-state index in [0.717, 1.165) is 5.56 Å². The lowest BCUT2D eigenvalue weighted by Crippen LogP contribution is -2.59. The van der Waals surface area contributed by atoms with E-state index < -0.39 is 44.4 Å². The standard InChI is InChI=1S/C30H32N3O9P/c1-21(34)18-19-26(35)39-29-28(37-20-23-12-6-3-7-13-23)27(32-33-31)22(2)38-30(29)42-43(36,40-24-14-8-4-9-15-24)41-25-16-10-5-11-17-25/h3-17,22,27-30H,18-20H2,1-2H3/t22-,27-,28+,29-,30-/m1/s1. The lowest BCUT2D eigenvalue weighted by Gasteiger charge is -2.43. The molecule has 0 aliphatic carbocycles. The molecule has 1 saturated heterocycles. The Balaban J connectivity index is 1.69. The minimum atomic E-state index is -4.54. The second-order valence-corrected chi connectivity index (χ2v) is 11.2. The van der Waals surface area contributed by atoms with E-state index in [9.17, 15) is 19.7 Å². The fourth-order valence-electron chi connectivity index (χ4n) is 4.27. The van der Waals surface area contributed by atoms with E-state index in [0.29, 0.717) is 0 Å². The maximum atomic E-state index is 14.2. The Morgan fingerprint density at radius 2 is 1.44 bits per heavy atom. The maximum absolute atomic E-state index is 14.2. The van der Waals surface area contributed by atoms with Crippen molar-refractivity contribution >= 4 is 19.6 Å². The number of rotatable bonds is 14. The number of phosphoric ester groups is 1. The lowest BCUT2D eigenvalue weighted by molar-refractivity contribution is -0.260. The van der Waals surface area contributed by atoms with Gasteiger partial charge in [-0.3, -0.25) is 4.79 Å². The molecular weight excluding hydrogens is 577 g/mol. The summed E-state index contributed by atoms with van der Waals surface area (Å²) in [5.74, 6) is -0.601. The van der Waals surface area contributed by atoms with Crippen LogP contribution in [0.2, 0.25) is 0 Å². The number of phosphoric acid groups is 1. The molecular formula is C30H32N3O9P. The van der Waals surface area contributed by atoms with Gasteiger partial charge in [0.15, 0.2) is 6.10 Å². The molecule has 226 valence electrons. The van der Waals surface area contributed by atoms with Crippen LogP contribution in [-0.2, 0) is 39.5 Å². The van der Waals surface area contributed by atoms with E-state index in [1.807, 2.05) is 30.3 Å². The van der Waals surface area contributed by atoms with Gasteiger partial charge in [0, 0.05) is 11.3 Å². The van der Waals surface area contributed by atoms with E-state index in [-0.39, 0.29) is 36.7 Å². The summed E-state index contributed by atoms with van der Waals surface area (Å²) >= 11 is 0. The number of Topliss-reactive ketones (excluding diaryl/α,β-unsaturated/α-hetero) is 1. The fourth-order valence-corrected chi connectivity index (χ4v) is 5.58. The molecule has 5 atom stereocenters. The van der Waals surface area contributed by atoms with Gasteiger partial charge < -0.3 is 28.1 Å². The number of esters is 1. The van der Waals surface area contributed by atoms with Crippen LogP contribution in [0.3, 0.4) is 0 Å². The van der Waals surface area contributed by atoms with Crippen LogP contribution in [0.15, 0.2) is 96.1 Å². The maximum Gasteiger partial charge on any atom is 0.590 e. The van der Waals surface area contributed by atoms with Gasteiger partial charge in [0.2, 0.25) is 6.29 Å². The van der Waals surface area contributed by atoms with Crippen LogP contribution >= 0.6 is 7.82 Å². The molecule has 12 nitrogen and oxygen atoms in total. The predicted molar refractivity (Wildman–Crippen MR) is 155 cm³/mol. The van der Waals surface area contributed by atoms with Gasteiger partial charge in [0.05, 0.1) is 25.2 Å². The molecule has 0 amide bonds. The van der Waals surface area contributed by atoms with Crippen LogP contribution in [-0.4, -0.2) is 42.4 Å². The lowest BCUT2D eigenvalue weighted by atomic mass is 9.97. The molecule has 1 aliphatic rings. The first-order chi connectivity index (χ1) is 20.8. The third-order valence-corrected chi connectivity index (χ3v) is 7.67. The van der Waals surface area contributed by atoms with Crippen LogP contribution in [0.1, 0.15) is 32.3 Å². The van der Waals surface area contributed by atoms with Crippen LogP contribution in [0, 0.1) is 0 Å². The highest BCUT2D eigenvalue weighted by Gasteiger charge is 2.51. The monoisotopic (exact) mass is 609 g/mol. The topological polar surface area (TPSA) is 155 Å². The van der Waals surface area contributed by atoms with Gasteiger partial charge in [-0.1, -0.05) is 71.8 Å². The number of carbonyl (C=O) groups is 2. The van der Waals surface area contributed by atoms with Gasteiger partial charge in [-0.25, -0.2) is 9.09 Å².